The van der Waals surface area contributed by atoms with E-state index in [4.69, 9.17) is 0 Å². The third kappa shape index (κ3) is 4.37. The molecule has 0 atom stereocenters. The fourth-order valence-corrected chi connectivity index (χ4v) is 2.63. The van der Waals surface area contributed by atoms with Gasteiger partial charge < -0.3 is 5.32 Å². The molecule has 0 bridgehead atoms. The van der Waals surface area contributed by atoms with Gasteiger partial charge in [0.2, 0.25) is 5.91 Å². The van der Waals surface area contributed by atoms with Crippen LogP contribution < -0.4 is 5.32 Å². The van der Waals surface area contributed by atoms with E-state index in [0.29, 0.717) is 25.0 Å². The normalized spacial score (nSPS) is 14.7. The molecule has 140 valence electrons. The molecule has 2 aromatic rings. The van der Waals surface area contributed by atoms with Gasteiger partial charge in [0.05, 0.1) is 30.4 Å². The Kier molecular flexibility index (Phi) is 5.21. The molecule has 0 spiro atoms. The number of tetrazole rings is 1. The molecule has 1 fully saturated rings. The van der Waals surface area contributed by atoms with Gasteiger partial charge in [-0.1, -0.05) is 19.1 Å². The number of amides is 1. The van der Waals surface area contributed by atoms with Gasteiger partial charge in [-0.3, -0.25) is 9.69 Å². The van der Waals surface area contributed by atoms with Crippen LogP contribution in [0.15, 0.2) is 24.3 Å². The summed E-state index contributed by atoms with van der Waals surface area (Å²) in [7, 11) is 0. The third-order valence-electron chi connectivity index (χ3n) is 4.14. The number of aromatic nitrogens is 4. The number of nitrogens with zero attached hydrogens (tertiary/aromatic N) is 5. The molecule has 0 unspecified atom stereocenters. The van der Waals surface area contributed by atoms with Crippen molar-refractivity contribution < 1.29 is 18.0 Å². The first-order valence-corrected chi connectivity index (χ1v) is 8.33. The van der Waals surface area contributed by atoms with Gasteiger partial charge in [0.15, 0.2) is 5.82 Å². The molecule has 1 amide bonds. The lowest BCUT2D eigenvalue weighted by Crippen LogP contribution is -2.34. The largest absolute Gasteiger partial charge is 0.418 e. The number of hydrogen-bond acceptors (Lipinski definition) is 5. The zero-order valence-electron chi connectivity index (χ0n) is 14.2. The number of hydrogen-bond donors (Lipinski definition) is 1. The highest BCUT2D eigenvalue weighted by Gasteiger charge is 2.33. The number of alkyl halides is 3. The molecule has 3 rings (SSSR count). The van der Waals surface area contributed by atoms with E-state index in [1.54, 1.807) is 9.58 Å². The van der Waals surface area contributed by atoms with E-state index in [1.165, 1.54) is 18.2 Å². The van der Waals surface area contributed by atoms with E-state index >= 15 is 0 Å². The van der Waals surface area contributed by atoms with Crippen molar-refractivity contribution in [3.05, 3.63) is 35.7 Å². The summed E-state index contributed by atoms with van der Waals surface area (Å²) in [5.41, 5.74) is -1.11. The van der Waals surface area contributed by atoms with Crippen molar-refractivity contribution in [2.45, 2.75) is 38.5 Å². The molecule has 1 heterocycles. The Morgan fingerprint density at radius 3 is 2.73 bits per heavy atom. The number of halogens is 3. The maximum Gasteiger partial charge on any atom is 0.418 e. The summed E-state index contributed by atoms with van der Waals surface area (Å²) in [4.78, 5) is 14.0. The van der Waals surface area contributed by atoms with E-state index in [9.17, 15) is 18.0 Å². The van der Waals surface area contributed by atoms with Crippen LogP contribution in [0.25, 0.3) is 0 Å². The van der Waals surface area contributed by atoms with Crippen LogP contribution in [0, 0.1) is 0 Å². The lowest BCUT2D eigenvalue weighted by molar-refractivity contribution is -0.137. The number of rotatable bonds is 7. The lowest BCUT2D eigenvalue weighted by Gasteiger charge is -2.20. The van der Waals surface area contributed by atoms with Crippen molar-refractivity contribution in [3.63, 3.8) is 0 Å². The SMILES string of the molecule is CCN(CC(=O)Nc1ccccc1C(F)(F)F)Cc1nnnn1C1CC1. The highest BCUT2D eigenvalue weighted by molar-refractivity contribution is 5.93. The number of benzene rings is 1. The highest BCUT2D eigenvalue weighted by atomic mass is 19.4. The number of nitrogens with one attached hydrogen (secondary N) is 1. The Morgan fingerprint density at radius 1 is 1.35 bits per heavy atom. The molecular weight excluding hydrogens is 349 g/mol. The Morgan fingerprint density at radius 2 is 2.08 bits per heavy atom. The summed E-state index contributed by atoms with van der Waals surface area (Å²) in [6.07, 6.45) is -2.47. The van der Waals surface area contributed by atoms with Gasteiger partial charge in [-0.25, -0.2) is 4.68 Å². The highest BCUT2D eigenvalue weighted by Crippen LogP contribution is 2.35. The molecule has 1 aliphatic carbocycles. The number of carbonyl (C=O) groups is 1. The van der Waals surface area contributed by atoms with E-state index in [2.05, 4.69) is 20.8 Å². The Bertz CT molecular complexity index is 771. The van der Waals surface area contributed by atoms with E-state index in [-0.39, 0.29) is 12.2 Å². The van der Waals surface area contributed by atoms with Crippen LogP contribution >= 0.6 is 0 Å². The summed E-state index contributed by atoms with van der Waals surface area (Å²) >= 11 is 0. The Balaban J connectivity index is 1.64. The quantitative estimate of drug-likeness (QED) is 0.813. The van der Waals surface area contributed by atoms with Crippen molar-refractivity contribution >= 4 is 11.6 Å². The summed E-state index contributed by atoms with van der Waals surface area (Å²) in [6.45, 7) is 2.70. The monoisotopic (exact) mass is 368 g/mol. The van der Waals surface area contributed by atoms with Crippen molar-refractivity contribution in [1.82, 2.24) is 25.1 Å². The third-order valence-corrected chi connectivity index (χ3v) is 4.14. The smallest absolute Gasteiger partial charge is 0.324 e. The molecule has 1 aromatic carbocycles. The number of carbonyl (C=O) groups excluding carboxylic acids is 1. The molecule has 1 aliphatic rings. The van der Waals surface area contributed by atoms with Crippen LogP contribution in [-0.4, -0.2) is 44.1 Å². The van der Waals surface area contributed by atoms with Gasteiger partial charge in [0.25, 0.3) is 0 Å². The molecule has 0 aliphatic heterocycles. The van der Waals surface area contributed by atoms with Gasteiger partial charge >= 0.3 is 6.18 Å². The van der Waals surface area contributed by atoms with Crippen molar-refractivity contribution in [2.75, 3.05) is 18.4 Å². The number of anilines is 1. The second kappa shape index (κ2) is 7.40. The predicted octanol–water partition coefficient (Wildman–Crippen LogP) is 2.49. The van der Waals surface area contributed by atoms with Crippen LogP contribution in [0.1, 0.15) is 37.2 Å². The fourth-order valence-electron chi connectivity index (χ4n) is 2.63. The van der Waals surface area contributed by atoms with Crippen molar-refractivity contribution in [2.24, 2.45) is 0 Å². The van der Waals surface area contributed by atoms with Gasteiger partial charge in [-0.05, 0) is 41.9 Å². The van der Waals surface area contributed by atoms with Crippen LogP contribution in [0.2, 0.25) is 0 Å². The summed E-state index contributed by atoms with van der Waals surface area (Å²) < 4.78 is 40.8. The zero-order chi connectivity index (χ0) is 18.7. The maximum atomic E-state index is 13.0. The van der Waals surface area contributed by atoms with Crippen molar-refractivity contribution in [1.29, 1.82) is 0 Å². The molecule has 1 saturated carbocycles. The lowest BCUT2D eigenvalue weighted by atomic mass is 10.1. The average molecular weight is 368 g/mol. The van der Waals surface area contributed by atoms with Crippen molar-refractivity contribution in [3.8, 4) is 0 Å². The van der Waals surface area contributed by atoms with Crippen LogP contribution in [0.3, 0.4) is 0 Å². The molecular formula is C16H19F3N6O. The number of likely N-dealkylation sites (N-methyl/N-ethyl adjacent to an activating group) is 1. The summed E-state index contributed by atoms with van der Waals surface area (Å²) in [5, 5.41) is 14.0. The Labute approximate surface area is 148 Å². The molecule has 7 nitrogen and oxygen atoms in total. The van der Waals surface area contributed by atoms with Crippen LogP contribution in [0.5, 0.6) is 0 Å². The topological polar surface area (TPSA) is 75.9 Å². The minimum atomic E-state index is -4.53. The Hall–Kier alpha value is -2.49. The number of para-hydroxylation sites is 1. The van der Waals surface area contributed by atoms with E-state index in [0.717, 1.165) is 18.9 Å². The maximum absolute atomic E-state index is 13.0. The molecule has 10 heteroatoms. The minimum absolute atomic E-state index is 0.0553. The second-order valence-electron chi connectivity index (χ2n) is 6.17. The fraction of sp³-hybridized carbons (Fsp3) is 0.500. The molecule has 1 N–H and O–H groups in total. The predicted molar refractivity (Wildman–Crippen MR) is 87.1 cm³/mol. The average Bonchev–Trinajstić information content (AvgIpc) is 3.33. The second-order valence-corrected chi connectivity index (χ2v) is 6.17. The van der Waals surface area contributed by atoms with Gasteiger partial charge in [-0.15, -0.1) is 5.10 Å². The standard InChI is InChI=1S/C16H19F3N6O/c1-2-24(9-14-21-22-23-25(14)11-7-8-11)10-15(26)20-13-6-4-3-5-12(13)16(17,18)19/h3-6,11H,2,7-10H2,1H3,(H,20,26). The van der Waals surface area contributed by atoms with Crippen LogP contribution in [-0.2, 0) is 17.5 Å². The summed E-state index contributed by atoms with van der Waals surface area (Å²) in [5.74, 6) is 0.131. The first kappa shape index (κ1) is 18.3. The van der Waals surface area contributed by atoms with Gasteiger partial charge in [0, 0.05) is 0 Å². The van der Waals surface area contributed by atoms with E-state index < -0.39 is 17.6 Å². The van der Waals surface area contributed by atoms with Gasteiger partial charge in [0.1, 0.15) is 0 Å². The molecule has 1 aromatic heterocycles. The molecule has 0 radical (unpaired) electrons. The van der Waals surface area contributed by atoms with Crippen LogP contribution in [0.4, 0.5) is 18.9 Å². The zero-order valence-corrected chi connectivity index (χ0v) is 14.2. The first-order chi connectivity index (χ1) is 12.4. The minimum Gasteiger partial charge on any atom is -0.324 e. The van der Waals surface area contributed by atoms with Gasteiger partial charge in [-0.2, -0.15) is 13.2 Å². The molecule has 26 heavy (non-hydrogen) atoms. The first-order valence-electron chi connectivity index (χ1n) is 8.33. The molecule has 0 saturated heterocycles. The summed E-state index contributed by atoms with van der Waals surface area (Å²) in [6, 6.07) is 5.23. The van der Waals surface area contributed by atoms with E-state index in [1.807, 2.05) is 6.92 Å².